The van der Waals surface area contributed by atoms with Crippen molar-refractivity contribution < 1.29 is 91.0 Å². The molecule has 1 aliphatic heterocycles. The van der Waals surface area contributed by atoms with Crippen molar-refractivity contribution in [3.8, 4) is 0 Å². The lowest BCUT2D eigenvalue weighted by Crippen LogP contribution is -2.37. The van der Waals surface area contributed by atoms with E-state index < -0.39 is 126 Å². The van der Waals surface area contributed by atoms with Crippen LogP contribution in [0.5, 0.6) is 0 Å². The predicted molar refractivity (Wildman–Crippen MR) is 324 cm³/mol. The van der Waals surface area contributed by atoms with Gasteiger partial charge >= 0.3 is 0 Å². The molecule has 0 bridgehead atoms. The topological polar surface area (TPSA) is 358 Å². The summed E-state index contributed by atoms with van der Waals surface area (Å²) in [6, 6.07) is 0. The molecule has 0 radical (unpaired) electrons. The number of ketones is 2. The first kappa shape index (κ1) is 78.8. The van der Waals surface area contributed by atoms with E-state index in [2.05, 4.69) is 0 Å². The van der Waals surface area contributed by atoms with Crippen LogP contribution in [0, 0.1) is 53.3 Å². The summed E-state index contributed by atoms with van der Waals surface area (Å²) in [5.41, 5.74) is 0.649. The third-order valence-corrected chi connectivity index (χ3v) is 17.5. The minimum absolute atomic E-state index is 0.000161. The maximum atomic E-state index is 13.4. The van der Waals surface area contributed by atoms with E-state index in [0.717, 1.165) is 0 Å². The molecule has 488 valence electrons. The van der Waals surface area contributed by atoms with Crippen molar-refractivity contribution in [1.29, 1.82) is 0 Å². The molecule has 0 aromatic carbocycles. The minimum Gasteiger partial charge on any atom is -0.507 e. The zero-order valence-electron chi connectivity index (χ0n) is 53.4. The van der Waals surface area contributed by atoms with Crippen LogP contribution in [0.2, 0.25) is 0 Å². The second kappa shape index (κ2) is 38.2. The normalized spacial score (nSPS) is 23.0. The fourth-order valence-electron chi connectivity index (χ4n) is 11.1. The van der Waals surface area contributed by atoms with E-state index in [0.29, 0.717) is 37.7 Å². The van der Waals surface area contributed by atoms with Crippen molar-refractivity contribution in [2.75, 3.05) is 7.05 Å². The molecule has 0 aromatic rings. The van der Waals surface area contributed by atoms with E-state index >= 15 is 0 Å². The summed E-state index contributed by atoms with van der Waals surface area (Å²) in [6.07, 6.45) is -5.44. The molecule has 21 unspecified atom stereocenters. The molecule has 0 aliphatic carbocycles. The van der Waals surface area contributed by atoms with Gasteiger partial charge in [0, 0.05) is 37.1 Å². The van der Waals surface area contributed by atoms with Gasteiger partial charge in [-0.05, 0) is 157 Å². The summed E-state index contributed by atoms with van der Waals surface area (Å²) in [6.45, 7) is 24.4. The number of rotatable bonds is 41. The van der Waals surface area contributed by atoms with Gasteiger partial charge in [0.2, 0.25) is 5.78 Å². The number of aliphatic hydroxyl groups is 15. The third kappa shape index (κ3) is 26.2. The number of Topliss-reactive ketones (excluding diaryl/α,β-unsaturated/α-hetero) is 2. The Bertz CT molecular complexity index is 2140. The van der Waals surface area contributed by atoms with Gasteiger partial charge in [0.15, 0.2) is 5.78 Å². The van der Waals surface area contributed by atoms with Gasteiger partial charge in [0.05, 0.1) is 91.2 Å². The third-order valence-electron chi connectivity index (χ3n) is 17.5. The Labute approximate surface area is 502 Å². The molecule has 1 amide bonds. The standard InChI is InChI=1S/C65H115NO18/c1-34(2)27-51-64(83)57(65(84)66(51)15)63(82)39(8)22-26-49(70)31-47(68)24-20-37(6)60(79)43(12)52(72)17-16-18-53(73)44(13)62(81)41(10)28-40(9)59(78)42(11)29-55(75)56(76)33-50(71)32-54(74)36(5)19-23-46(67)30-48(69)25-21-38(7)61(80)45(14)58(77)35(3)4/h22,27-29,34-38,40,43-50,52-56,58,60-62,67-77,79-82H,16-21,23-26,30-33H2,1-15H3/b39-22+,41-28+,42-29+,51-27-,63-57+. The lowest BCUT2D eigenvalue weighted by Gasteiger charge is -2.31. The molecular formula is C65H115NO18. The van der Waals surface area contributed by atoms with E-state index in [4.69, 9.17) is 0 Å². The Balaban J connectivity index is 2.59. The number of likely N-dealkylation sites (N-methyl/N-ethyl adjacent to an activating group) is 1. The van der Waals surface area contributed by atoms with Gasteiger partial charge in [-0.1, -0.05) is 94.4 Å². The van der Waals surface area contributed by atoms with Crippen molar-refractivity contribution in [1.82, 2.24) is 4.90 Å². The lowest BCUT2D eigenvalue weighted by molar-refractivity contribution is -0.123. The molecule has 1 rings (SSSR count). The molecule has 1 heterocycles. The van der Waals surface area contributed by atoms with Crippen molar-refractivity contribution >= 4 is 17.5 Å². The van der Waals surface area contributed by atoms with Crippen LogP contribution in [0.3, 0.4) is 0 Å². The van der Waals surface area contributed by atoms with Gasteiger partial charge < -0.3 is 81.5 Å². The first-order valence-corrected chi connectivity index (χ1v) is 30.9. The van der Waals surface area contributed by atoms with Crippen LogP contribution in [-0.2, 0) is 14.4 Å². The second-order valence-corrected chi connectivity index (χ2v) is 26.1. The number of allylic oxidation sites excluding steroid dienone is 5. The maximum absolute atomic E-state index is 13.4. The average molecular weight is 1200 g/mol. The number of hydrogen-bond donors (Lipinski definition) is 15. The van der Waals surface area contributed by atoms with Gasteiger partial charge in [-0.3, -0.25) is 14.4 Å². The number of carbonyl (C=O) groups excluding carboxylic acids is 3. The Kier molecular flexibility index (Phi) is 35.8. The number of hydrogen-bond acceptors (Lipinski definition) is 18. The lowest BCUT2D eigenvalue weighted by atomic mass is 9.82. The largest absolute Gasteiger partial charge is 0.507 e. The number of nitrogens with zero attached hydrogens (tertiary/aromatic N) is 1. The van der Waals surface area contributed by atoms with Gasteiger partial charge in [-0.2, -0.15) is 0 Å². The summed E-state index contributed by atoms with van der Waals surface area (Å²) in [4.78, 5) is 40.2. The SMILES string of the molecule is C/C(=C\C(O)C(O)CC(O)CC(O)C(C)CCC(O)CC(O)CCC(C)C(O)C(C)C(O)C(C)C)C(=O)C(C)/C=C(\C)C(O)C(C)C(O)CCCC(O)C(C)C(O)C(C)CCC(O)CC(O)C/C=C(C)/C(O)=C1/C(=O)/C(=C/C(C)C)N(C)C1=O. The minimum atomic E-state index is -1.52. The van der Waals surface area contributed by atoms with Gasteiger partial charge in [0.25, 0.3) is 5.91 Å². The quantitative estimate of drug-likeness (QED) is 0.0157. The number of carbonyl (C=O) groups is 3. The Hall–Kier alpha value is -3.25. The highest BCUT2D eigenvalue weighted by atomic mass is 16.3. The fraction of sp³-hybridized carbons (Fsp3) is 0.800. The zero-order valence-corrected chi connectivity index (χ0v) is 53.4. The first-order chi connectivity index (χ1) is 38.9. The summed E-state index contributed by atoms with van der Waals surface area (Å²) in [5.74, 6) is -5.20. The van der Waals surface area contributed by atoms with Crippen LogP contribution in [-0.4, -0.2) is 191 Å². The summed E-state index contributed by atoms with van der Waals surface area (Å²) >= 11 is 0. The highest BCUT2D eigenvalue weighted by Crippen LogP contribution is 2.31. The highest BCUT2D eigenvalue weighted by Gasteiger charge is 2.40. The fourth-order valence-corrected chi connectivity index (χ4v) is 11.1. The molecular weight excluding hydrogens is 1080 g/mol. The summed E-state index contributed by atoms with van der Waals surface area (Å²) < 4.78 is 0. The molecule has 84 heavy (non-hydrogen) atoms. The predicted octanol–water partition coefficient (Wildman–Crippen LogP) is 5.41. The smallest absolute Gasteiger partial charge is 0.265 e. The molecule has 1 saturated heterocycles. The van der Waals surface area contributed by atoms with E-state index in [1.54, 1.807) is 60.6 Å². The summed E-state index contributed by atoms with van der Waals surface area (Å²) in [7, 11) is 1.46. The van der Waals surface area contributed by atoms with Gasteiger partial charge in [-0.15, -0.1) is 0 Å². The van der Waals surface area contributed by atoms with Crippen LogP contribution < -0.4 is 0 Å². The first-order valence-electron chi connectivity index (χ1n) is 30.9. The number of aliphatic hydroxyl groups excluding tert-OH is 15. The molecule has 19 heteroatoms. The van der Waals surface area contributed by atoms with Crippen LogP contribution in [0.15, 0.2) is 58.1 Å². The van der Waals surface area contributed by atoms with Crippen molar-refractivity contribution in [3.05, 3.63) is 58.1 Å². The van der Waals surface area contributed by atoms with Crippen LogP contribution in [0.4, 0.5) is 0 Å². The van der Waals surface area contributed by atoms with Crippen molar-refractivity contribution in [2.45, 2.75) is 272 Å². The monoisotopic (exact) mass is 1200 g/mol. The van der Waals surface area contributed by atoms with E-state index in [9.17, 15) is 91.0 Å². The molecule has 1 aliphatic rings. The van der Waals surface area contributed by atoms with E-state index in [-0.39, 0.29) is 116 Å². The van der Waals surface area contributed by atoms with Crippen molar-refractivity contribution in [2.24, 2.45) is 53.3 Å². The van der Waals surface area contributed by atoms with Gasteiger partial charge in [-0.25, -0.2) is 0 Å². The Morgan fingerprint density at radius 3 is 1.46 bits per heavy atom. The Morgan fingerprint density at radius 1 is 0.500 bits per heavy atom. The molecule has 15 N–H and O–H groups in total. The maximum Gasteiger partial charge on any atom is 0.265 e. The molecule has 0 spiro atoms. The molecule has 0 saturated carbocycles. The van der Waals surface area contributed by atoms with Crippen LogP contribution in [0.25, 0.3) is 0 Å². The van der Waals surface area contributed by atoms with Gasteiger partial charge in [0.1, 0.15) is 11.3 Å². The zero-order chi connectivity index (χ0) is 64.8. The second-order valence-electron chi connectivity index (χ2n) is 26.1. The molecule has 21 atom stereocenters. The molecule has 19 nitrogen and oxygen atoms in total. The van der Waals surface area contributed by atoms with E-state index in [1.807, 2.05) is 34.6 Å². The van der Waals surface area contributed by atoms with Crippen LogP contribution in [0.1, 0.15) is 187 Å². The Morgan fingerprint density at radius 2 is 0.964 bits per heavy atom. The van der Waals surface area contributed by atoms with Crippen molar-refractivity contribution in [3.63, 3.8) is 0 Å². The molecule has 0 aromatic heterocycles. The summed E-state index contributed by atoms with van der Waals surface area (Å²) in [5, 5.41) is 162. The number of likely N-dealkylation sites (tertiary alicyclic amines) is 1. The average Bonchev–Trinajstić information content (AvgIpc) is 3.61. The highest BCUT2D eigenvalue weighted by molar-refractivity contribution is 6.32. The van der Waals surface area contributed by atoms with E-state index in [1.165, 1.54) is 37.9 Å². The molecule has 1 fully saturated rings. The number of amides is 1. The van der Waals surface area contributed by atoms with Crippen LogP contribution >= 0.6 is 0 Å².